The van der Waals surface area contributed by atoms with Crippen LogP contribution in [0.15, 0.2) is 11.8 Å². The molecule has 0 aromatic rings. The summed E-state index contributed by atoms with van der Waals surface area (Å²) in [7, 11) is 0. The first-order chi connectivity index (χ1) is 7.67. The van der Waals surface area contributed by atoms with Crippen molar-refractivity contribution in [2.24, 2.45) is 5.41 Å². The molecule has 0 spiro atoms. The molecule has 0 atom stereocenters. The molecule has 6 nitrogen and oxygen atoms in total. The summed E-state index contributed by atoms with van der Waals surface area (Å²) in [5.41, 5.74) is 0.176. The molecule has 0 radical (unpaired) electrons. The second-order valence-electron chi connectivity index (χ2n) is 4.79. The lowest BCUT2D eigenvalue weighted by Gasteiger charge is -2.17. The molecule has 6 heteroatoms. The van der Waals surface area contributed by atoms with Gasteiger partial charge in [0.05, 0.1) is 6.07 Å². The van der Waals surface area contributed by atoms with E-state index in [9.17, 15) is 9.59 Å². The van der Waals surface area contributed by atoms with Crippen molar-refractivity contribution in [2.45, 2.75) is 33.2 Å². The van der Waals surface area contributed by atoms with Gasteiger partial charge < -0.3 is 15.5 Å². The molecule has 0 bridgehead atoms. The number of nitrogens with one attached hydrogen (secondary N) is 1. The van der Waals surface area contributed by atoms with Crippen LogP contribution in [0.3, 0.4) is 0 Å². The minimum Gasteiger partial charge on any atom is -0.479 e. The van der Waals surface area contributed by atoms with Gasteiger partial charge in [0.15, 0.2) is 0 Å². The average molecular weight is 240 g/mol. The van der Waals surface area contributed by atoms with Crippen LogP contribution in [0.1, 0.15) is 27.2 Å². The number of rotatable bonds is 5. The molecule has 0 saturated heterocycles. The lowest BCUT2D eigenvalue weighted by Crippen LogP contribution is -2.40. The van der Waals surface area contributed by atoms with Gasteiger partial charge in [-0.3, -0.25) is 0 Å². The first-order valence-corrected chi connectivity index (χ1v) is 4.98. The topological polar surface area (TPSA) is 110 Å². The van der Waals surface area contributed by atoms with E-state index < -0.39 is 18.0 Å². The molecule has 0 saturated carbocycles. The maximum Gasteiger partial charge on any atom is 0.337 e. The Bertz CT molecular complexity index is 360. The van der Waals surface area contributed by atoms with E-state index in [4.69, 9.17) is 15.5 Å². The maximum atomic E-state index is 10.6. The minimum atomic E-state index is -1.74. The fraction of sp³-hybridized carbons (Fsp3) is 0.545. The van der Waals surface area contributed by atoms with E-state index in [1.165, 1.54) is 0 Å². The summed E-state index contributed by atoms with van der Waals surface area (Å²) in [6, 6.07) is 0.167. The Labute approximate surface area is 99.6 Å². The highest BCUT2D eigenvalue weighted by molar-refractivity contribution is 5.97. The Hall–Kier alpha value is -2.03. The Balaban J connectivity index is 4.72. The van der Waals surface area contributed by atoms with E-state index in [-0.39, 0.29) is 5.41 Å². The van der Waals surface area contributed by atoms with Gasteiger partial charge in [0, 0.05) is 11.8 Å². The van der Waals surface area contributed by atoms with Gasteiger partial charge in [-0.15, -0.1) is 0 Å². The zero-order chi connectivity index (χ0) is 13.6. The number of carbonyl (C=O) groups is 2. The molecule has 0 aliphatic rings. The zero-order valence-electron chi connectivity index (χ0n) is 10.0. The van der Waals surface area contributed by atoms with Crippen LogP contribution in [-0.2, 0) is 9.59 Å². The summed E-state index contributed by atoms with van der Waals surface area (Å²) < 4.78 is 0. The second kappa shape index (κ2) is 5.89. The lowest BCUT2D eigenvalue weighted by molar-refractivity contribution is -0.150. The molecule has 3 N–H and O–H groups in total. The molecule has 0 amide bonds. The van der Waals surface area contributed by atoms with E-state index in [2.05, 4.69) is 5.32 Å². The summed E-state index contributed by atoms with van der Waals surface area (Å²) in [4.78, 5) is 21.1. The Kier molecular flexibility index (Phi) is 5.19. The first-order valence-electron chi connectivity index (χ1n) is 4.98. The van der Waals surface area contributed by atoms with Gasteiger partial charge in [-0.25, -0.2) is 9.59 Å². The van der Waals surface area contributed by atoms with Gasteiger partial charge in [-0.2, -0.15) is 5.26 Å². The van der Waals surface area contributed by atoms with Crippen molar-refractivity contribution in [2.75, 3.05) is 0 Å². The van der Waals surface area contributed by atoms with Crippen molar-refractivity contribution in [1.82, 2.24) is 5.32 Å². The summed E-state index contributed by atoms with van der Waals surface area (Å²) in [6.07, 6.45) is 1.58. The number of aliphatic carboxylic acids is 2. The van der Waals surface area contributed by atoms with Crippen molar-refractivity contribution < 1.29 is 19.8 Å². The summed E-state index contributed by atoms with van der Waals surface area (Å²) >= 11 is 0. The van der Waals surface area contributed by atoms with Crippen LogP contribution in [0.4, 0.5) is 0 Å². The molecule has 0 heterocycles. The molecule has 0 unspecified atom stereocenters. The van der Waals surface area contributed by atoms with Crippen molar-refractivity contribution in [3.8, 4) is 6.07 Å². The normalized spacial score (nSPS) is 12.1. The Morgan fingerprint density at radius 3 is 2.12 bits per heavy atom. The molecule has 17 heavy (non-hydrogen) atoms. The van der Waals surface area contributed by atoms with Crippen LogP contribution >= 0.6 is 0 Å². The quantitative estimate of drug-likeness (QED) is 0.487. The Morgan fingerprint density at radius 2 is 1.82 bits per heavy atom. The highest BCUT2D eigenvalue weighted by atomic mass is 16.4. The molecule has 0 aliphatic heterocycles. The highest BCUT2D eigenvalue weighted by Crippen LogP contribution is 2.23. The van der Waals surface area contributed by atoms with Gasteiger partial charge in [0.25, 0.3) is 0 Å². The number of allylic oxidation sites excluding steroid dienone is 1. The molecule has 0 aliphatic carbocycles. The average Bonchev–Trinajstić information content (AvgIpc) is 2.13. The summed E-state index contributed by atoms with van der Waals surface area (Å²) in [5.74, 6) is -3.00. The van der Waals surface area contributed by atoms with Crippen molar-refractivity contribution in [1.29, 1.82) is 5.26 Å². The SMILES string of the molecule is CC(C)(C)C/C(C#N)=C/NC(C(=O)O)C(=O)O. The fourth-order valence-corrected chi connectivity index (χ4v) is 1.13. The number of nitriles is 1. The zero-order valence-corrected chi connectivity index (χ0v) is 10.0. The van der Waals surface area contributed by atoms with Crippen molar-refractivity contribution in [3.63, 3.8) is 0 Å². The molecule has 0 aromatic heterocycles. The third-order valence-electron chi connectivity index (χ3n) is 1.78. The minimum absolute atomic E-state index is 0.134. The molecule has 0 aromatic carbocycles. The number of hydrogen-bond acceptors (Lipinski definition) is 4. The fourth-order valence-electron chi connectivity index (χ4n) is 1.13. The predicted octanol–water partition coefficient (Wildman–Crippen LogP) is 0.957. The lowest BCUT2D eigenvalue weighted by atomic mass is 9.89. The van der Waals surface area contributed by atoms with Crippen LogP contribution in [-0.4, -0.2) is 28.2 Å². The van der Waals surface area contributed by atoms with E-state index >= 15 is 0 Å². The molecular weight excluding hydrogens is 224 g/mol. The standard InChI is InChI=1S/C11H16N2O4/c1-11(2,3)4-7(5-12)6-13-8(9(14)15)10(16)17/h6,8,13H,4H2,1-3H3,(H,14,15)(H,16,17)/b7-6-. The number of nitrogens with zero attached hydrogens (tertiary/aromatic N) is 1. The van der Waals surface area contributed by atoms with Gasteiger partial charge in [0.2, 0.25) is 6.04 Å². The number of carboxylic acid groups (broad SMARTS) is 2. The molecule has 0 fully saturated rings. The van der Waals surface area contributed by atoms with E-state index in [1.807, 2.05) is 26.8 Å². The number of carboxylic acids is 2. The maximum absolute atomic E-state index is 10.6. The van der Waals surface area contributed by atoms with Crippen LogP contribution in [0.2, 0.25) is 0 Å². The van der Waals surface area contributed by atoms with Gasteiger partial charge in [0.1, 0.15) is 0 Å². The van der Waals surface area contributed by atoms with Gasteiger partial charge >= 0.3 is 11.9 Å². The Morgan fingerprint density at radius 1 is 1.35 bits per heavy atom. The second-order valence-corrected chi connectivity index (χ2v) is 4.79. The summed E-state index contributed by atoms with van der Waals surface area (Å²) in [6.45, 7) is 5.76. The van der Waals surface area contributed by atoms with Crippen LogP contribution < -0.4 is 5.32 Å². The molecular formula is C11H16N2O4. The molecule has 0 rings (SSSR count). The smallest absolute Gasteiger partial charge is 0.337 e. The van der Waals surface area contributed by atoms with Crippen LogP contribution in [0.5, 0.6) is 0 Å². The highest BCUT2D eigenvalue weighted by Gasteiger charge is 2.24. The van der Waals surface area contributed by atoms with Crippen LogP contribution in [0, 0.1) is 16.7 Å². The van der Waals surface area contributed by atoms with Crippen molar-refractivity contribution >= 4 is 11.9 Å². The monoisotopic (exact) mass is 240 g/mol. The van der Waals surface area contributed by atoms with E-state index in [0.29, 0.717) is 12.0 Å². The van der Waals surface area contributed by atoms with E-state index in [1.54, 1.807) is 0 Å². The largest absolute Gasteiger partial charge is 0.479 e. The number of hydrogen-bond donors (Lipinski definition) is 3. The first kappa shape index (κ1) is 15.0. The third-order valence-corrected chi connectivity index (χ3v) is 1.78. The van der Waals surface area contributed by atoms with Crippen LogP contribution in [0.25, 0.3) is 0 Å². The summed E-state index contributed by atoms with van der Waals surface area (Å²) in [5, 5.41) is 28.2. The van der Waals surface area contributed by atoms with Crippen molar-refractivity contribution in [3.05, 3.63) is 11.8 Å². The predicted molar refractivity (Wildman–Crippen MR) is 60.0 cm³/mol. The molecule has 94 valence electrons. The van der Waals surface area contributed by atoms with E-state index in [0.717, 1.165) is 6.20 Å². The third kappa shape index (κ3) is 6.20. The van der Waals surface area contributed by atoms with Gasteiger partial charge in [-0.05, 0) is 11.8 Å². The van der Waals surface area contributed by atoms with Gasteiger partial charge in [-0.1, -0.05) is 20.8 Å².